The second-order valence-corrected chi connectivity index (χ2v) is 13.7. The van der Waals surface area contributed by atoms with Gasteiger partial charge in [0.1, 0.15) is 5.52 Å². The second kappa shape index (κ2) is 11.7. The second-order valence-electron chi connectivity index (χ2n) is 13.7. The minimum atomic E-state index is 0.607. The van der Waals surface area contributed by atoms with E-state index in [1.165, 1.54) is 48.7 Å². The van der Waals surface area contributed by atoms with Gasteiger partial charge in [-0.2, -0.15) is 0 Å². The van der Waals surface area contributed by atoms with E-state index in [1.54, 1.807) is 0 Å². The fraction of sp³-hybridized carbons (Fsp3) is 0. The normalized spacial score (nSPS) is 11.8. The molecule has 2 heterocycles. The van der Waals surface area contributed by atoms with Crippen LogP contribution in [0, 0.1) is 0 Å². The van der Waals surface area contributed by atoms with Crippen LogP contribution in [-0.4, -0.2) is 9.97 Å². The molecule has 11 aromatic rings. The minimum absolute atomic E-state index is 0.607. The number of para-hydroxylation sites is 2. The summed E-state index contributed by atoms with van der Waals surface area (Å²) >= 11 is 0. The van der Waals surface area contributed by atoms with Gasteiger partial charge < -0.3 is 4.42 Å². The number of nitrogens with zero attached hydrogens (tertiary/aromatic N) is 2. The highest BCUT2D eigenvalue weighted by Crippen LogP contribution is 2.41. The molecule has 0 aliphatic carbocycles. The highest BCUT2D eigenvalue weighted by Gasteiger charge is 2.17. The monoisotopic (exact) mass is 674 g/mol. The van der Waals surface area contributed by atoms with Crippen molar-refractivity contribution in [2.45, 2.75) is 0 Å². The number of hydrogen-bond donors (Lipinski definition) is 0. The highest BCUT2D eigenvalue weighted by molar-refractivity contribution is 6.16. The Labute approximate surface area is 305 Å². The Bertz CT molecular complexity index is 3210. The summed E-state index contributed by atoms with van der Waals surface area (Å²) in [6.45, 7) is 0. The Morgan fingerprint density at radius 1 is 0.321 bits per heavy atom. The molecule has 9 aromatic carbocycles. The summed E-state index contributed by atoms with van der Waals surface area (Å²) in [6.07, 6.45) is 0. The molecule has 0 fully saturated rings. The summed E-state index contributed by atoms with van der Waals surface area (Å²) < 4.78 is 6.24. The molecule has 3 nitrogen and oxygen atoms in total. The lowest BCUT2D eigenvalue weighted by Gasteiger charge is -2.16. The smallest absolute Gasteiger partial charge is 0.227 e. The molecule has 0 saturated carbocycles. The molecule has 53 heavy (non-hydrogen) atoms. The third-order valence-electron chi connectivity index (χ3n) is 10.6. The van der Waals surface area contributed by atoms with Gasteiger partial charge >= 0.3 is 0 Å². The molecule has 0 bridgehead atoms. The molecule has 11 rings (SSSR count). The first-order valence-electron chi connectivity index (χ1n) is 18.0. The molecule has 0 aliphatic rings. The lowest BCUT2D eigenvalue weighted by Crippen LogP contribution is -1.93. The Morgan fingerprint density at radius 3 is 1.62 bits per heavy atom. The predicted octanol–water partition coefficient (Wildman–Crippen LogP) is 13.7. The van der Waals surface area contributed by atoms with Crippen molar-refractivity contribution in [3.05, 3.63) is 182 Å². The SMILES string of the molecule is c1cc(-c2nc3ccccc3o2)cc(-c2cc(-c3cc4ccccc4c4ccccc34)nc3ccc(-c4cc5ccccc5c5ccccc45)cc23)c1. The van der Waals surface area contributed by atoms with Gasteiger partial charge in [-0.15, -0.1) is 0 Å². The summed E-state index contributed by atoms with van der Waals surface area (Å²) in [5, 5.41) is 10.9. The van der Waals surface area contributed by atoms with Crippen LogP contribution in [-0.2, 0) is 0 Å². The van der Waals surface area contributed by atoms with Crippen LogP contribution in [0.25, 0.3) is 110 Å². The van der Waals surface area contributed by atoms with Crippen LogP contribution >= 0.6 is 0 Å². The zero-order valence-electron chi connectivity index (χ0n) is 28.6. The maximum Gasteiger partial charge on any atom is 0.227 e. The van der Waals surface area contributed by atoms with Gasteiger partial charge in [0.25, 0.3) is 0 Å². The molecule has 0 aliphatic heterocycles. The molecule has 0 atom stereocenters. The molecule has 0 amide bonds. The fourth-order valence-electron chi connectivity index (χ4n) is 8.14. The van der Waals surface area contributed by atoms with Crippen LogP contribution in [0.1, 0.15) is 0 Å². The van der Waals surface area contributed by atoms with Crippen molar-refractivity contribution in [3.8, 4) is 45.0 Å². The van der Waals surface area contributed by atoms with Crippen molar-refractivity contribution >= 4 is 65.1 Å². The van der Waals surface area contributed by atoms with Crippen molar-refractivity contribution < 1.29 is 4.42 Å². The molecule has 246 valence electrons. The van der Waals surface area contributed by atoms with Crippen LogP contribution in [0.2, 0.25) is 0 Å². The molecular formula is C50H30N2O. The standard InChI is InChI=1S/C50H30N2O/c1-3-16-36-32(12-1)27-42(40-20-7-5-18-38(36)40)34-24-25-46-45(29-34)43(31-14-11-15-35(26-31)50-52-47-22-9-10-23-49(47)53-50)30-48(51-46)44-28-33-13-2-4-17-37(33)39-19-6-8-21-41(39)44/h1-30H. The molecule has 0 radical (unpaired) electrons. The van der Waals surface area contributed by atoms with Crippen LogP contribution in [0.15, 0.2) is 186 Å². The molecule has 3 heteroatoms. The molecular weight excluding hydrogens is 645 g/mol. The number of fused-ring (bicyclic) bond motifs is 8. The van der Waals surface area contributed by atoms with E-state index in [1.807, 2.05) is 24.3 Å². The van der Waals surface area contributed by atoms with Crippen molar-refractivity contribution in [1.29, 1.82) is 0 Å². The first-order chi connectivity index (χ1) is 26.2. The van der Waals surface area contributed by atoms with E-state index < -0.39 is 0 Å². The van der Waals surface area contributed by atoms with E-state index in [0.717, 1.165) is 55.5 Å². The average molecular weight is 675 g/mol. The quantitative estimate of drug-likeness (QED) is 0.174. The largest absolute Gasteiger partial charge is 0.436 e. The first-order valence-corrected chi connectivity index (χ1v) is 18.0. The third kappa shape index (κ3) is 4.82. The first kappa shape index (κ1) is 29.6. The van der Waals surface area contributed by atoms with E-state index in [0.29, 0.717) is 5.89 Å². The van der Waals surface area contributed by atoms with Crippen LogP contribution in [0.4, 0.5) is 0 Å². The van der Waals surface area contributed by atoms with E-state index in [9.17, 15) is 0 Å². The number of pyridine rings is 1. The van der Waals surface area contributed by atoms with E-state index >= 15 is 0 Å². The van der Waals surface area contributed by atoms with Gasteiger partial charge in [-0.25, -0.2) is 9.97 Å². The van der Waals surface area contributed by atoms with Gasteiger partial charge in [-0.1, -0.05) is 127 Å². The minimum Gasteiger partial charge on any atom is -0.436 e. The van der Waals surface area contributed by atoms with Crippen LogP contribution in [0.3, 0.4) is 0 Å². The third-order valence-corrected chi connectivity index (χ3v) is 10.6. The summed E-state index contributed by atoms with van der Waals surface area (Å²) in [5.41, 5.74) is 10.1. The van der Waals surface area contributed by atoms with Gasteiger partial charge in [0.05, 0.1) is 11.2 Å². The molecule has 0 N–H and O–H groups in total. The predicted molar refractivity (Wildman–Crippen MR) is 221 cm³/mol. The van der Waals surface area contributed by atoms with Gasteiger partial charge in [0, 0.05) is 16.5 Å². The van der Waals surface area contributed by atoms with Crippen molar-refractivity contribution in [3.63, 3.8) is 0 Å². The zero-order valence-corrected chi connectivity index (χ0v) is 28.6. The molecule has 0 saturated heterocycles. The Kier molecular flexibility index (Phi) is 6.55. The highest BCUT2D eigenvalue weighted by atomic mass is 16.3. The lowest BCUT2D eigenvalue weighted by molar-refractivity contribution is 0.620. The molecule has 0 spiro atoms. The number of rotatable bonds is 4. The Morgan fingerprint density at radius 2 is 0.887 bits per heavy atom. The fourth-order valence-corrected chi connectivity index (χ4v) is 8.14. The Hall–Kier alpha value is -7.10. The maximum absolute atomic E-state index is 6.24. The summed E-state index contributed by atoms with van der Waals surface area (Å²) in [6, 6.07) is 64.7. The topological polar surface area (TPSA) is 38.9 Å². The number of benzene rings is 9. The van der Waals surface area contributed by atoms with Gasteiger partial charge in [0.15, 0.2) is 5.58 Å². The number of hydrogen-bond acceptors (Lipinski definition) is 3. The molecule has 0 unspecified atom stereocenters. The van der Waals surface area contributed by atoms with E-state index in [4.69, 9.17) is 14.4 Å². The van der Waals surface area contributed by atoms with Crippen molar-refractivity contribution in [1.82, 2.24) is 9.97 Å². The van der Waals surface area contributed by atoms with Crippen LogP contribution < -0.4 is 0 Å². The number of aromatic nitrogens is 2. The van der Waals surface area contributed by atoms with Crippen molar-refractivity contribution in [2.24, 2.45) is 0 Å². The lowest BCUT2D eigenvalue weighted by atomic mass is 9.90. The van der Waals surface area contributed by atoms with Crippen LogP contribution in [0.5, 0.6) is 0 Å². The zero-order chi connectivity index (χ0) is 34.9. The van der Waals surface area contributed by atoms with Gasteiger partial charge in [-0.3, -0.25) is 0 Å². The van der Waals surface area contributed by atoms with Gasteiger partial charge in [0.2, 0.25) is 5.89 Å². The molecule has 2 aromatic heterocycles. The van der Waals surface area contributed by atoms with Crippen molar-refractivity contribution in [2.75, 3.05) is 0 Å². The maximum atomic E-state index is 6.24. The number of oxazole rings is 1. The van der Waals surface area contributed by atoms with E-state index in [-0.39, 0.29) is 0 Å². The summed E-state index contributed by atoms with van der Waals surface area (Å²) in [4.78, 5) is 10.3. The van der Waals surface area contributed by atoms with E-state index in [2.05, 4.69) is 158 Å². The summed E-state index contributed by atoms with van der Waals surface area (Å²) in [7, 11) is 0. The average Bonchev–Trinajstić information content (AvgIpc) is 3.67. The Balaban J connectivity index is 1.18. The van der Waals surface area contributed by atoms with Gasteiger partial charge in [-0.05, 0) is 120 Å². The summed E-state index contributed by atoms with van der Waals surface area (Å²) in [5.74, 6) is 0.607.